The summed E-state index contributed by atoms with van der Waals surface area (Å²) < 4.78 is 207. The minimum absolute atomic E-state index is 0.0311. The van der Waals surface area contributed by atoms with Crippen molar-refractivity contribution in [2.75, 3.05) is 13.4 Å². The third-order valence-electron chi connectivity index (χ3n) is 20.3. The summed E-state index contributed by atoms with van der Waals surface area (Å²) in [4.78, 5) is 0.438. The molecule has 0 spiro atoms. The molecule has 4 nitrogen and oxygen atoms in total. The Bertz CT molecular complexity index is 5320. The van der Waals surface area contributed by atoms with Crippen molar-refractivity contribution in [3.05, 3.63) is 373 Å². The van der Waals surface area contributed by atoms with E-state index in [4.69, 9.17) is 16.3 Å². The predicted molar refractivity (Wildman–Crippen MR) is 538 cm³/mol. The Balaban J connectivity index is 0.000000744. The van der Waals surface area contributed by atoms with Crippen LogP contribution in [0.15, 0.2) is 266 Å². The second-order valence-electron chi connectivity index (χ2n) is 43.9. The van der Waals surface area contributed by atoms with Crippen LogP contribution in [0, 0.1) is 34.9 Å². The van der Waals surface area contributed by atoms with Crippen molar-refractivity contribution in [3.8, 4) is 11.5 Å². The summed E-state index contributed by atoms with van der Waals surface area (Å²) in [5.74, 6) is -1.66. The van der Waals surface area contributed by atoms with Crippen LogP contribution >= 0.6 is 11.6 Å². The first kappa shape index (κ1) is 123. The second kappa shape index (κ2) is 51.6. The molecule has 0 atom stereocenters. The SMILES string of the molecule is CC(C)(C)c1ccc(Cl)cc1.CC(C)(C)c1ccc(F)c(F)c1.CC(C)(C)c1ccc(F)cc1.CC(C)(C)c1ccc(F)cc1F.CC(C)(C)c1ccc(OC(F)F)cc1.CC(C)(C)c1cccc(C(F)(F)F)c1.CC(C)(C)c1ccccc1.CC(C)(C)c1ccccc1C(F)(F)F.CC(C)(C)c1ccccc1F.CC(C)(C)c1ccccc1S(C)(=O)=O.COc1ccccc1C(C)(C)C. The first-order valence-electron chi connectivity index (χ1n) is 44.6. The predicted octanol–water partition coefficient (Wildman–Crippen LogP) is 36.4. The molecule has 0 heterocycles. The van der Waals surface area contributed by atoms with Crippen molar-refractivity contribution in [3.63, 3.8) is 0 Å². The van der Waals surface area contributed by atoms with Gasteiger partial charge in [0.2, 0.25) is 0 Å². The van der Waals surface area contributed by atoms with Gasteiger partial charge in [0, 0.05) is 17.3 Å². The number of hydrogen-bond donors (Lipinski definition) is 0. The van der Waals surface area contributed by atoms with Gasteiger partial charge in [-0.1, -0.05) is 410 Å². The number of sulfone groups is 1. The minimum Gasteiger partial charge on any atom is -0.496 e. The molecule has 0 unspecified atom stereocenters. The lowest BCUT2D eigenvalue weighted by Gasteiger charge is -2.23. The van der Waals surface area contributed by atoms with Gasteiger partial charge in [0.1, 0.15) is 34.8 Å². The molecule has 0 N–H and O–H groups in total. The number of para-hydroxylation sites is 1. The van der Waals surface area contributed by atoms with Crippen molar-refractivity contribution in [1.82, 2.24) is 0 Å². The highest BCUT2D eigenvalue weighted by atomic mass is 35.5. The maximum absolute atomic E-state index is 13.1. The zero-order chi connectivity index (χ0) is 105. The smallest absolute Gasteiger partial charge is 0.416 e. The summed E-state index contributed by atoms with van der Waals surface area (Å²) in [7, 11) is -1.40. The van der Waals surface area contributed by atoms with E-state index >= 15 is 0 Å². The van der Waals surface area contributed by atoms with E-state index in [0.29, 0.717) is 27.0 Å². The Labute approximate surface area is 805 Å². The quantitative estimate of drug-likeness (QED) is 0.165. The van der Waals surface area contributed by atoms with Crippen LogP contribution in [0.5, 0.6) is 11.5 Å². The van der Waals surface area contributed by atoms with E-state index in [9.17, 15) is 69.9 Å². The van der Waals surface area contributed by atoms with Gasteiger partial charge in [-0.2, -0.15) is 35.1 Å². The molecule has 0 saturated carbocycles. The molecule has 0 amide bonds. The van der Waals surface area contributed by atoms with E-state index in [2.05, 4.69) is 157 Å². The maximum Gasteiger partial charge on any atom is 0.416 e. The minimum atomic E-state index is -4.26. The van der Waals surface area contributed by atoms with Gasteiger partial charge in [0.15, 0.2) is 21.5 Å². The van der Waals surface area contributed by atoms with E-state index in [0.717, 1.165) is 57.3 Å². The second-order valence-corrected chi connectivity index (χ2v) is 46.3. The topological polar surface area (TPSA) is 52.6 Å². The van der Waals surface area contributed by atoms with Crippen LogP contribution in [0.2, 0.25) is 5.02 Å². The largest absolute Gasteiger partial charge is 0.496 e. The third kappa shape index (κ3) is 47.3. The van der Waals surface area contributed by atoms with Crippen LogP contribution < -0.4 is 9.47 Å². The monoisotopic (exact) mass is 1930 g/mol. The molecular formula is C115H149ClF14O4S. The highest BCUT2D eigenvalue weighted by molar-refractivity contribution is 7.90. The lowest BCUT2D eigenvalue weighted by atomic mass is 9.83. The lowest BCUT2D eigenvalue weighted by Crippen LogP contribution is -2.19. The molecule has 135 heavy (non-hydrogen) atoms. The summed E-state index contributed by atoms with van der Waals surface area (Å²) in [5.41, 5.74) is 8.65. The fourth-order valence-corrected chi connectivity index (χ4v) is 13.5. The first-order valence-corrected chi connectivity index (χ1v) is 46.9. The van der Waals surface area contributed by atoms with Crippen LogP contribution in [-0.2, 0) is 81.8 Å². The number of halogens is 15. The highest BCUT2D eigenvalue weighted by Gasteiger charge is 2.36. The molecule has 0 radical (unpaired) electrons. The van der Waals surface area contributed by atoms with Gasteiger partial charge < -0.3 is 9.47 Å². The number of alkyl halides is 8. The number of ether oxygens (including phenoxy) is 2. The fraction of sp³-hybridized carbons (Fsp3) is 0.426. The van der Waals surface area contributed by atoms with Crippen LogP contribution in [0.25, 0.3) is 0 Å². The van der Waals surface area contributed by atoms with Crippen LogP contribution in [0.3, 0.4) is 0 Å². The molecule has 0 fully saturated rings. The van der Waals surface area contributed by atoms with Crippen molar-refractivity contribution >= 4 is 21.4 Å². The molecule has 11 aromatic carbocycles. The van der Waals surface area contributed by atoms with E-state index < -0.39 is 68.6 Å². The Morgan fingerprint density at radius 1 is 0.259 bits per heavy atom. The average molecular weight is 1930 g/mol. The fourth-order valence-electron chi connectivity index (χ4n) is 12.3. The molecule has 0 aliphatic heterocycles. The van der Waals surface area contributed by atoms with Crippen molar-refractivity contribution in [2.24, 2.45) is 0 Å². The van der Waals surface area contributed by atoms with Gasteiger partial charge in [0.05, 0.1) is 23.1 Å². The van der Waals surface area contributed by atoms with Gasteiger partial charge in [0.25, 0.3) is 0 Å². The molecular weight excluding hydrogens is 1780 g/mol. The van der Waals surface area contributed by atoms with Gasteiger partial charge in [-0.25, -0.2) is 34.8 Å². The van der Waals surface area contributed by atoms with E-state index in [1.165, 1.54) is 89.2 Å². The highest BCUT2D eigenvalue weighted by Crippen LogP contribution is 2.39. The Kier molecular flexibility index (Phi) is 47.1. The zero-order valence-electron chi connectivity index (χ0n) is 86.1. The number of hydrogen-bond acceptors (Lipinski definition) is 4. The standard InChI is InChI=1S/2C11H13F3.C11H14F2O.C11H16O2S.C11H16O.C10H13Cl.2C10H12F2.2C10H13F.C10H14/c1-10(2,3)8-5-4-6-9(7-8)11(12,13)14;1-10(2,3)8-6-4-5-7-9(8)11(12,13)14;1-11(2,3)8-4-6-9(7-5-8)14-10(12)13;1-11(2,3)9-7-5-6-8-10(9)14(4,12)13;1-11(2,3)9-7-5-6-8-10(9)12-4;1-10(2,3)8-4-6-9(11)7-5-8;1-10(2,3)8-5-4-7(11)6-9(8)12;1-10(2,3)7-4-5-8(11)9(12)6-7;1-10(2,3)8-4-6-9(11)7-5-8;1-10(2,3)8-6-4-5-7-9(8)11;1-10(2,3)9-7-5-4-6-8-9/h2*4-7H,1-3H3;4-7,10H,1-3H3;5-8H,1-4H3;5-8H,1-4H3;4-7H,1-3H3;2*4-6H,1-3H3;2*4-7H,1-3H3;4-8H,1-3H3. The van der Waals surface area contributed by atoms with Crippen molar-refractivity contribution in [1.29, 1.82) is 0 Å². The molecule has 11 rings (SSSR count). The summed E-state index contributed by atoms with van der Waals surface area (Å²) in [6.07, 6.45) is -7.26. The molecule has 20 heteroatoms. The van der Waals surface area contributed by atoms with Gasteiger partial charge >= 0.3 is 19.0 Å². The summed E-state index contributed by atoms with van der Waals surface area (Å²) >= 11 is 5.76. The zero-order valence-corrected chi connectivity index (χ0v) is 87.7. The third-order valence-corrected chi connectivity index (χ3v) is 21.7. The summed E-state index contributed by atoms with van der Waals surface area (Å²) in [6, 6.07) is 73.0. The Morgan fingerprint density at radius 2 is 0.578 bits per heavy atom. The van der Waals surface area contributed by atoms with E-state index in [-0.39, 0.29) is 66.1 Å². The Hall–Kier alpha value is -9.72. The van der Waals surface area contributed by atoms with Gasteiger partial charge in [-0.3, -0.25) is 0 Å². The molecule has 744 valence electrons. The van der Waals surface area contributed by atoms with Crippen molar-refractivity contribution < 1.29 is 79.4 Å². The summed E-state index contributed by atoms with van der Waals surface area (Å²) in [5, 5.41) is 0.804. The maximum atomic E-state index is 13.1. The van der Waals surface area contributed by atoms with Crippen LogP contribution in [0.4, 0.5) is 61.5 Å². The normalized spacial score (nSPS) is 12.1. The van der Waals surface area contributed by atoms with E-state index in [1.807, 2.05) is 171 Å². The first-order chi connectivity index (χ1) is 61.0. The van der Waals surface area contributed by atoms with Gasteiger partial charge in [-0.15, -0.1) is 0 Å². The van der Waals surface area contributed by atoms with Crippen molar-refractivity contribution in [2.45, 2.75) is 312 Å². The lowest BCUT2D eigenvalue weighted by molar-refractivity contribution is -0.139. The number of benzene rings is 11. The average Bonchev–Trinajstić information content (AvgIpc) is 0.798. The number of rotatable bonds is 4. The van der Waals surface area contributed by atoms with Crippen LogP contribution in [0.1, 0.15) is 301 Å². The summed E-state index contributed by atoms with van der Waals surface area (Å²) in [6.45, 7) is 64.2. The molecule has 0 bridgehead atoms. The number of methoxy groups -OCH3 is 1. The Morgan fingerprint density at radius 3 is 0.911 bits per heavy atom. The van der Waals surface area contributed by atoms with Crippen LogP contribution in [-0.4, -0.2) is 28.4 Å². The van der Waals surface area contributed by atoms with Gasteiger partial charge in [-0.05, 0) is 206 Å². The van der Waals surface area contributed by atoms with E-state index in [1.54, 1.807) is 88.5 Å². The molecule has 0 aliphatic carbocycles. The molecule has 0 saturated heterocycles. The molecule has 0 aromatic heterocycles. The molecule has 11 aromatic rings. The molecule has 0 aliphatic rings.